The average molecular weight is 138 g/mol. The summed E-state index contributed by atoms with van der Waals surface area (Å²) in [5.74, 6) is 0. The minimum atomic E-state index is 1.04. The summed E-state index contributed by atoms with van der Waals surface area (Å²) < 4.78 is 0. The third-order valence-corrected chi connectivity index (χ3v) is 1.65. The largest absolute Gasteiger partial charge is 0.367 e. The third-order valence-electron chi connectivity index (χ3n) is 1.65. The average Bonchev–Trinajstić information content (AvgIpc) is 2.40. The van der Waals surface area contributed by atoms with Gasteiger partial charge in [0, 0.05) is 18.9 Å². The number of aromatic amines is 1. The number of H-pyrrole nitrogens is 1. The van der Waals surface area contributed by atoms with Crippen LogP contribution < -0.4 is 0 Å². The van der Waals surface area contributed by atoms with Gasteiger partial charge in [0.25, 0.3) is 0 Å². The summed E-state index contributed by atoms with van der Waals surface area (Å²) in [6, 6.07) is 2.10. The first kappa shape index (κ1) is 7.35. The van der Waals surface area contributed by atoms with E-state index in [1.165, 1.54) is 5.56 Å². The molecule has 0 radical (unpaired) electrons. The third kappa shape index (κ3) is 1.88. The van der Waals surface area contributed by atoms with Crippen molar-refractivity contribution < 1.29 is 0 Å². The van der Waals surface area contributed by atoms with Crippen LogP contribution in [0.25, 0.3) is 0 Å². The normalized spacial score (nSPS) is 10.7. The maximum absolute atomic E-state index is 3.03. The van der Waals surface area contributed by atoms with Crippen molar-refractivity contribution in [3.63, 3.8) is 0 Å². The van der Waals surface area contributed by atoms with E-state index >= 15 is 0 Å². The Bertz CT molecular complexity index is 167. The van der Waals surface area contributed by atoms with Gasteiger partial charge in [0.05, 0.1) is 0 Å². The number of aromatic nitrogens is 1. The molecule has 56 valence electrons. The number of rotatable bonds is 3. The quantitative estimate of drug-likeness (QED) is 0.670. The molecule has 1 N–H and O–H groups in total. The number of nitrogens with zero attached hydrogens (tertiary/aromatic N) is 1. The molecule has 0 aliphatic heterocycles. The maximum atomic E-state index is 3.03. The second-order valence-corrected chi connectivity index (χ2v) is 2.55. The van der Waals surface area contributed by atoms with Crippen molar-refractivity contribution in [3.8, 4) is 0 Å². The van der Waals surface area contributed by atoms with Crippen LogP contribution in [0.2, 0.25) is 0 Å². The standard InChI is InChI=1S/C8H14N2/c1-3-10(2)7-8-4-5-9-6-8/h4-6,9H,3,7H2,1-2H3. The van der Waals surface area contributed by atoms with Crippen LogP contribution in [0.3, 0.4) is 0 Å². The lowest BCUT2D eigenvalue weighted by molar-refractivity contribution is 0.346. The summed E-state index contributed by atoms with van der Waals surface area (Å²) in [4.78, 5) is 5.30. The molecule has 0 amide bonds. The molecule has 0 aliphatic rings. The van der Waals surface area contributed by atoms with E-state index in [0.29, 0.717) is 0 Å². The fourth-order valence-electron chi connectivity index (χ4n) is 0.880. The molecule has 0 fully saturated rings. The van der Waals surface area contributed by atoms with Crippen molar-refractivity contribution in [2.45, 2.75) is 13.5 Å². The van der Waals surface area contributed by atoms with Crippen LogP contribution in [0.5, 0.6) is 0 Å². The van der Waals surface area contributed by atoms with E-state index in [9.17, 15) is 0 Å². The monoisotopic (exact) mass is 138 g/mol. The van der Waals surface area contributed by atoms with Crippen molar-refractivity contribution >= 4 is 0 Å². The molecular formula is C8H14N2. The number of hydrogen-bond acceptors (Lipinski definition) is 1. The fraction of sp³-hybridized carbons (Fsp3) is 0.500. The zero-order chi connectivity index (χ0) is 7.40. The lowest BCUT2D eigenvalue weighted by Gasteiger charge is -2.11. The van der Waals surface area contributed by atoms with Crippen LogP contribution in [0.15, 0.2) is 18.5 Å². The van der Waals surface area contributed by atoms with Crippen molar-refractivity contribution in [2.75, 3.05) is 13.6 Å². The Hall–Kier alpha value is -0.760. The van der Waals surface area contributed by atoms with Crippen LogP contribution in [0.4, 0.5) is 0 Å². The van der Waals surface area contributed by atoms with Crippen molar-refractivity contribution in [3.05, 3.63) is 24.0 Å². The second-order valence-electron chi connectivity index (χ2n) is 2.55. The fourth-order valence-corrected chi connectivity index (χ4v) is 0.880. The molecule has 0 unspecified atom stereocenters. The van der Waals surface area contributed by atoms with E-state index in [-0.39, 0.29) is 0 Å². The van der Waals surface area contributed by atoms with Gasteiger partial charge in [-0.3, -0.25) is 0 Å². The van der Waals surface area contributed by atoms with Gasteiger partial charge in [-0.15, -0.1) is 0 Å². The summed E-state index contributed by atoms with van der Waals surface area (Å²) in [5.41, 5.74) is 1.35. The van der Waals surface area contributed by atoms with Gasteiger partial charge < -0.3 is 9.88 Å². The predicted molar refractivity (Wildman–Crippen MR) is 42.8 cm³/mol. The zero-order valence-corrected chi connectivity index (χ0v) is 6.59. The molecular weight excluding hydrogens is 124 g/mol. The van der Waals surface area contributed by atoms with E-state index in [0.717, 1.165) is 13.1 Å². The summed E-state index contributed by atoms with van der Waals surface area (Å²) in [7, 11) is 2.12. The van der Waals surface area contributed by atoms with Crippen LogP contribution >= 0.6 is 0 Å². The molecule has 0 aliphatic carbocycles. The molecule has 1 aromatic heterocycles. The highest BCUT2D eigenvalue weighted by molar-refractivity contribution is 5.07. The SMILES string of the molecule is CCN(C)Cc1cc[nH]c1. The lowest BCUT2D eigenvalue weighted by Crippen LogP contribution is -2.16. The summed E-state index contributed by atoms with van der Waals surface area (Å²) in [6.45, 7) is 4.30. The Balaban J connectivity index is 2.40. The van der Waals surface area contributed by atoms with E-state index in [4.69, 9.17) is 0 Å². The summed E-state index contributed by atoms with van der Waals surface area (Å²) in [5, 5.41) is 0. The van der Waals surface area contributed by atoms with Crippen molar-refractivity contribution in [1.29, 1.82) is 0 Å². The van der Waals surface area contributed by atoms with Gasteiger partial charge in [-0.1, -0.05) is 6.92 Å². The first-order valence-corrected chi connectivity index (χ1v) is 3.63. The van der Waals surface area contributed by atoms with Crippen molar-refractivity contribution in [2.24, 2.45) is 0 Å². The molecule has 0 atom stereocenters. The highest BCUT2D eigenvalue weighted by Gasteiger charge is 1.95. The molecule has 0 spiro atoms. The first-order chi connectivity index (χ1) is 4.83. The lowest BCUT2D eigenvalue weighted by atomic mass is 10.3. The molecule has 2 nitrogen and oxygen atoms in total. The summed E-state index contributed by atoms with van der Waals surface area (Å²) in [6.07, 6.45) is 3.99. The van der Waals surface area contributed by atoms with Crippen LogP contribution in [-0.2, 0) is 6.54 Å². The Kier molecular flexibility index (Phi) is 2.51. The van der Waals surface area contributed by atoms with Crippen LogP contribution in [-0.4, -0.2) is 23.5 Å². The van der Waals surface area contributed by atoms with Crippen molar-refractivity contribution in [1.82, 2.24) is 9.88 Å². The summed E-state index contributed by atoms with van der Waals surface area (Å²) >= 11 is 0. The van der Waals surface area contributed by atoms with Gasteiger partial charge in [-0.2, -0.15) is 0 Å². The predicted octanol–water partition coefficient (Wildman–Crippen LogP) is 1.47. The van der Waals surface area contributed by atoms with Gasteiger partial charge >= 0.3 is 0 Å². The minimum absolute atomic E-state index is 1.04. The molecule has 0 saturated carbocycles. The topological polar surface area (TPSA) is 19.0 Å². The molecule has 0 saturated heterocycles. The minimum Gasteiger partial charge on any atom is -0.367 e. The van der Waals surface area contributed by atoms with Gasteiger partial charge in [-0.25, -0.2) is 0 Å². The molecule has 1 rings (SSSR count). The van der Waals surface area contributed by atoms with E-state index in [1.807, 2.05) is 12.4 Å². The second kappa shape index (κ2) is 3.42. The van der Waals surface area contributed by atoms with Gasteiger partial charge in [0.1, 0.15) is 0 Å². The highest BCUT2D eigenvalue weighted by atomic mass is 15.1. The van der Waals surface area contributed by atoms with Crippen LogP contribution in [0.1, 0.15) is 12.5 Å². The van der Waals surface area contributed by atoms with Gasteiger partial charge in [-0.05, 0) is 25.2 Å². The molecule has 1 heterocycles. The smallest absolute Gasteiger partial charge is 0.0245 e. The number of nitrogens with one attached hydrogen (secondary N) is 1. The Morgan fingerprint density at radius 1 is 1.60 bits per heavy atom. The molecule has 10 heavy (non-hydrogen) atoms. The number of hydrogen-bond donors (Lipinski definition) is 1. The maximum Gasteiger partial charge on any atom is 0.0245 e. The van der Waals surface area contributed by atoms with Gasteiger partial charge in [0.15, 0.2) is 0 Å². The molecule has 0 bridgehead atoms. The van der Waals surface area contributed by atoms with Gasteiger partial charge in [0.2, 0.25) is 0 Å². The Morgan fingerprint density at radius 3 is 2.90 bits per heavy atom. The molecule has 0 aromatic carbocycles. The van der Waals surface area contributed by atoms with E-state index in [1.54, 1.807) is 0 Å². The first-order valence-electron chi connectivity index (χ1n) is 3.63. The molecule has 1 aromatic rings. The Morgan fingerprint density at radius 2 is 2.40 bits per heavy atom. The van der Waals surface area contributed by atoms with E-state index < -0.39 is 0 Å². The van der Waals surface area contributed by atoms with Crippen LogP contribution in [0, 0.1) is 0 Å². The van der Waals surface area contributed by atoms with E-state index in [2.05, 4.69) is 29.9 Å². The zero-order valence-electron chi connectivity index (χ0n) is 6.59. The Labute approximate surface area is 61.9 Å². The molecule has 2 heteroatoms. The highest BCUT2D eigenvalue weighted by Crippen LogP contribution is 1.99.